The van der Waals surface area contributed by atoms with Gasteiger partial charge >= 0.3 is 5.97 Å². The van der Waals surface area contributed by atoms with Gasteiger partial charge in [0.1, 0.15) is 5.82 Å². The van der Waals surface area contributed by atoms with Crippen molar-refractivity contribution in [2.75, 3.05) is 7.11 Å². The lowest BCUT2D eigenvalue weighted by molar-refractivity contribution is -0.138. The Morgan fingerprint density at radius 2 is 2.00 bits per heavy atom. The van der Waals surface area contributed by atoms with Crippen LogP contribution < -0.4 is 0 Å². The number of hydrogen-bond acceptors (Lipinski definition) is 3. The number of methoxy groups -OCH3 is 1. The number of esters is 1. The average molecular weight is 388 g/mol. The highest BCUT2D eigenvalue weighted by Gasteiger charge is 2.37. The number of benzene rings is 2. The molecule has 0 fully saturated rings. The average Bonchev–Trinajstić information content (AvgIpc) is 2.64. The van der Waals surface area contributed by atoms with E-state index in [2.05, 4.69) is 0 Å². The van der Waals surface area contributed by atoms with Crippen LogP contribution in [0.2, 0.25) is 5.02 Å². The lowest BCUT2D eigenvalue weighted by atomic mass is 9.83. The van der Waals surface area contributed by atoms with Gasteiger partial charge in [0.25, 0.3) is 0 Å². The van der Waals surface area contributed by atoms with Gasteiger partial charge in [0.05, 0.1) is 19.2 Å². The first-order chi connectivity index (χ1) is 12.9. The molecule has 27 heavy (non-hydrogen) atoms. The minimum atomic E-state index is -0.505. The summed E-state index contributed by atoms with van der Waals surface area (Å²) in [6.45, 7) is 1.88. The number of nitrogens with zero attached hydrogens (tertiary/aromatic N) is 1. The topological polar surface area (TPSA) is 46.6 Å². The van der Waals surface area contributed by atoms with Gasteiger partial charge in [0.2, 0.25) is 5.91 Å². The molecule has 0 unspecified atom stereocenters. The summed E-state index contributed by atoms with van der Waals surface area (Å²) >= 11 is 6.31. The fraction of sp³-hybridized carbons (Fsp3) is 0.238. The Labute approximate surface area is 162 Å². The van der Waals surface area contributed by atoms with Gasteiger partial charge in [-0.2, -0.15) is 0 Å². The molecule has 4 nitrogen and oxygen atoms in total. The van der Waals surface area contributed by atoms with Crippen molar-refractivity contribution < 1.29 is 18.7 Å². The van der Waals surface area contributed by atoms with Gasteiger partial charge in [0, 0.05) is 23.1 Å². The highest BCUT2D eigenvalue weighted by molar-refractivity contribution is 6.31. The van der Waals surface area contributed by atoms with E-state index in [-0.39, 0.29) is 24.7 Å². The third kappa shape index (κ3) is 3.88. The minimum absolute atomic E-state index is 0.0841. The SMILES string of the molecule is COC(=O)C1=C(C)N(Cc2cccc(F)c2)C(=O)C[C@@H]1c1ccccc1Cl. The molecule has 2 aromatic carbocycles. The van der Waals surface area contributed by atoms with Crippen molar-refractivity contribution in [3.05, 3.63) is 81.8 Å². The van der Waals surface area contributed by atoms with Crippen LogP contribution in [-0.4, -0.2) is 23.9 Å². The molecule has 6 heteroatoms. The number of rotatable bonds is 4. The van der Waals surface area contributed by atoms with E-state index in [1.807, 2.05) is 6.07 Å². The van der Waals surface area contributed by atoms with E-state index in [4.69, 9.17) is 16.3 Å². The number of amides is 1. The number of halogens is 2. The Kier molecular flexibility index (Phi) is 5.61. The van der Waals surface area contributed by atoms with Crippen LogP contribution in [0.25, 0.3) is 0 Å². The number of hydrogen-bond donors (Lipinski definition) is 0. The number of ether oxygens (including phenoxy) is 1. The first kappa shape index (κ1) is 19.1. The van der Waals surface area contributed by atoms with Gasteiger partial charge in [0.15, 0.2) is 0 Å². The van der Waals surface area contributed by atoms with E-state index in [9.17, 15) is 14.0 Å². The van der Waals surface area contributed by atoms with Gasteiger partial charge in [-0.25, -0.2) is 9.18 Å². The van der Waals surface area contributed by atoms with Gasteiger partial charge in [-0.1, -0.05) is 41.9 Å². The van der Waals surface area contributed by atoms with Crippen LogP contribution in [0.15, 0.2) is 59.8 Å². The van der Waals surface area contributed by atoms with Crippen LogP contribution in [0.1, 0.15) is 30.4 Å². The van der Waals surface area contributed by atoms with E-state index in [1.54, 1.807) is 37.3 Å². The molecular formula is C21H19ClFNO3. The third-order valence-electron chi connectivity index (χ3n) is 4.74. The number of allylic oxidation sites excluding steroid dienone is 1. The molecule has 1 aliphatic rings. The van der Waals surface area contributed by atoms with Gasteiger partial charge < -0.3 is 9.64 Å². The maximum Gasteiger partial charge on any atom is 0.336 e. The maximum atomic E-state index is 13.5. The second kappa shape index (κ2) is 7.92. The van der Waals surface area contributed by atoms with Gasteiger partial charge in [-0.15, -0.1) is 0 Å². The van der Waals surface area contributed by atoms with E-state index < -0.39 is 11.9 Å². The van der Waals surface area contributed by atoms with Crippen LogP contribution in [0.3, 0.4) is 0 Å². The molecule has 1 heterocycles. The van der Waals surface area contributed by atoms with Crippen LogP contribution in [0.4, 0.5) is 4.39 Å². The van der Waals surface area contributed by atoms with Crippen molar-refractivity contribution in [2.45, 2.75) is 25.8 Å². The Morgan fingerprint density at radius 1 is 1.26 bits per heavy atom. The van der Waals surface area contributed by atoms with Crippen molar-refractivity contribution in [1.29, 1.82) is 0 Å². The minimum Gasteiger partial charge on any atom is -0.466 e. The number of carbonyl (C=O) groups excluding carboxylic acids is 2. The predicted molar refractivity (Wildman–Crippen MR) is 100 cm³/mol. The molecule has 0 radical (unpaired) electrons. The van der Waals surface area contributed by atoms with Crippen molar-refractivity contribution >= 4 is 23.5 Å². The number of carbonyl (C=O) groups is 2. The fourth-order valence-electron chi connectivity index (χ4n) is 3.42. The zero-order valence-electron chi connectivity index (χ0n) is 15.0. The summed E-state index contributed by atoms with van der Waals surface area (Å²) in [7, 11) is 1.31. The molecule has 1 amide bonds. The molecule has 0 bridgehead atoms. The van der Waals surface area contributed by atoms with Crippen LogP contribution in [0.5, 0.6) is 0 Å². The first-order valence-electron chi connectivity index (χ1n) is 8.50. The van der Waals surface area contributed by atoms with Crippen LogP contribution in [0, 0.1) is 5.82 Å². The summed E-state index contributed by atoms with van der Waals surface area (Å²) in [5, 5.41) is 0.489. The Bertz CT molecular complexity index is 925. The highest BCUT2D eigenvalue weighted by Crippen LogP contribution is 2.40. The summed E-state index contributed by atoms with van der Waals surface area (Å²) in [6, 6.07) is 13.2. The zero-order chi connectivity index (χ0) is 19.6. The third-order valence-corrected chi connectivity index (χ3v) is 5.08. The van der Waals surface area contributed by atoms with E-state index >= 15 is 0 Å². The van der Waals surface area contributed by atoms with E-state index in [0.717, 1.165) is 0 Å². The fourth-order valence-corrected chi connectivity index (χ4v) is 3.69. The summed E-state index contributed by atoms with van der Waals surface area (Å²) in [5.74, 6) is -1.52. The molecule has 0 saturated carbocycles. The molecule has 2 aromatic rings. The summed E-state index contributed by atoms with van der Waals surface area (Å²) in [6.07, 6.45) is 0.0841. The molecule has 0 N–H and O–H groups in total. The Morgan fingerprint density at radius 3 is 2.67 bits per heavy atom. The lowest BCUT2D eigenvalue weighted by Gasteiger charge is -2.34. The highest BCUT2D eigenvalue weighted by atomic mass is 35.5. The second-order valence-electron chi connectivity index (χ2n) is 6.38. The van der Waals surface area contributed by atoms with E-state index in [1.165, 1.54) is 24.1 Å². The van der Waals surface area contributed by atoms with Crippen LogP contribution in [-0.2, 0) is 20.9 Å². The maximum absolute atomic E-state index is 13.5. The summed E-state index contributed by atoms with van der Waals surface area (Å²) in [5.41, 5.74) is 2.23. The monoisotopic (exact) mass is 387 g/mol. The molecule has 1 atom stereocenters. The molecule has 0 aliphatic carbocycles. The van der Waals surface area contributed by atoms with Crippen molar-refractivity contribution in [3.63, 3.8) is 0 Å². The van der Waals surface area contributed by atoms with Gasteiger partial charge in [-0.05, 0) is 36.2 Å². The predicted octanol–water partition coefficient (Wildman–Crippen LogP) is 4.44. The molecule has 1 aliphatic heterocycles. The standard InChI is InChI=1S/C21H19ClFNO3/c1-13-20(21(26)27-2)17(16-8-3-4-9-18(16)22)11-19(25)24(13)12-14-6-5-7-15(23)10-14/h3-10,17H,11-12H2,1-2H3/t17-/m1/s1. The molecular weight excluding hydrogens is 369 g/mol. The quantitative estimate of drug-likeness (QED) is 0.728. The van der Waals surface area contributed by atoms with Crippen molar-refractivity contribution in [1.82, 2.24) is 4.90 Å². The normalized spacial score (nSPS) is 17.3. The first-order valence-corrected chi connectivity index (χ1v) is 8.88. The van der Waals surface area contributed by atoms with Crippen LogP contribution >= 0.6 is 11.6 Å². The summed E-state index contributed by atoms with van der Waals surface area (Å²) < 4.78 is 18.5. The van der Waals surface area contributed by atoms with E-state index in [0.29, 0.717) is 27.4 Å². The Hall–Kier alpha value is -2.66. The molecule has 0 spiro atoms. The largest absolute Gasteiger partial charge is 0.466 e. The molecule has 0 aromatic heterocycles. The molecule has 3 rings (SSSR count). The smallest absolute Gasteiger partial charge is 0.336 e. The second-order valence-corrected chi connectivity index (χ2v) is 6.79. The lowest BCUT2D eigenvalue weighted by Crippen LogP contribution is -2.38. The summed E-state index contributed by atoms with van der Waals surface area (Å²) in [4.78, 5) is 26.9. The molecule has 140 valence electrons. The van der Waals surface area contributed by atoms with Crippen molar-refractivity contribution in [3.8, 4) is 0 Å². The zero-order valence-corrected chi connectivity index (χ0v) is 15.8. The van der Waals surface area contributed by atoms with Gasteiger partial charge in [-0.3, -0.25) is 4.79 Å². The molecule has 0 saturated heterocycles. The Balaban J connectivity index is 2.05. The van der Waals surface area contributed by atoms with Crippen molar-refractivity contribution in [2.24, 2.45) is 0 Å².